The summed E-state index contributed by atoms with van der Waals surface area (Å²) in [6, 6.07) is 8.73. The van der Waals surface area contributed by atoms with Crippen molar-refractivity contribution in [2.45, 2.75) is 0 Å². The summed E-state index contributed by atoms with van der Waals surface area (Å²) in [6.45, 7) is 8.60. The standard InChI is InChI=1S/C15H15NO2/c1-3-9-16(10-4-2)15-11-13(17)12-7-5-6-8-14(12)18-15/h3-8,11H,1-2,9-10H2. The summed E-state index contributed by atoms with van der Waals surface area (Å²) in [4.78, 5) is 13.9. The van der Waals surface area contributed by atoms with Crippen LogP contribution in [0.25, 0.3) is 11.0 Å². The maximum atomic E-state index is 12.0. The van der Waals surface area contributed by atoms with Crippen LogP contribution in [0.4, 0.5) is 5.88 Å². The monoisotopic (exact) mass is 241 g/mol. The zero-order chi connectivity index (χ0) is 13.0. The van der Waals surface area contributed by atoms with Gasteiger partial charge in [0.1, 0.15) is 5.58 Å². The van der Waals surface area contributed by atoms with Gasteiger partial charge >= 0.3 is 0 Å². The Bertz CT molecular complexity index is 618. The second kappa shape index (κ2) is 5.36. The van der Waals surface area contributed by atoms with E-state index in [0.29, 0.717) is 29.9 Å². The Labute approximate surface area is 106 Å². The molecule has 1 heterocycles. The van der Waals surface area contributed by atoms with Gasteiger partial charge in [-0.2, -0.15) is 0 Å². The maximum Gasteiger partial charge on any atom is 0.200 e. The summed E-state index contributed by atoms with van der Waals surface area (Å²) in [6.07, 6.45) is 3.53. The summed E-state index contributed by atoms with van der Waals surface area (Å²) in [5.41, 5.74) is 0.558. The molecule has 0 saturated carbocycles. The zero-order valence-electron chi connectivity index (χ0n) is 10.1. The van der Waals surface area contributed by atoms with Gasteiger partial charge < -0.3 is 9.32 Å². The summed E-state index contributed by atoms with van der Waals surface area (Å²) in [5, 5.41) is 0.596. The molecule has 3 nitrogen and oxygen atoms in total. The lowest BCUT2D eigenvalue weighted by Crippen LogP contribution is -2.24. The van der Waals surface area contributed by atoms with Crippen LogP contribution >= 0.6 is 0 Å². The highest BCUT2D eigenvalue weighted by Gasteiger charge is 2.09. The van der Waals surface area contributed by atoms with E-state index in [-0.39, 0.29) is 5.43 Å². The van der Waals surface area contributed by atoms with Crippen LogP contribution in [-0.4, -0.2) is 13.1 Å². The molecule has 92 valence electrons. The molecular formula is C15H15NO2. The molecule has 0 amide bonds. The van der Waals surface area contributed by atoms with Crippen molar-refractivity contribution >= 4 is 16.9 Å². The first kappa shape index (κ1) is 12.2. The van der Waals surface area contributed by atoms with Gasteiger partial charge in [0.05, 0.1) is 5.39 Å². The Kier molecular flexibility index (Phi) is 3.63. The molecule has 0 aliphatic rings. The number of hydrogen-bond acceptors (Lipinski definition) is 3. The third-order valence-corrected chi connectivity index (χ3v) is 2.63. The van der Waals surface area contributed by atoms with E-state index in [4.69, 9.17) is 4.42 Å². The van der Waals surface area contributed by atoms with Crippen molar-refractivity contribution in [2.24, 2.45) is 0 Å². The summed E-state index contributed by atoms with van der Waals surface area (Å²) < 4.78 is 5.74. The van der Waals surface area contributed by atoms with E-state index in [1.807, 2.05) is 17.0 Å². The Morgan fingerprint density at radius 1 is 1.17 bits per heavy atom. The molecule has 0 atom stereocenters. The lowest BCUT2D eigenvalue weighted by atomic mass is 10.2. The molecule has 1 aromatic heterocycles. The van der Waals surface area contributed by atoms with Crippen molar-refractivity contribution in [1.82, 2.24) is 0 Å². The quantitative estimate of drug-likeness (QED) is 0.754. The minimum atomic E-state index is -0.0371. The number of hydrogen-bond donors (Lipinski definition) is 0. The molecule has 0 bridgehead atoms. The van der Waals surface area contributed by atoms with Crippen LogP contribution in [0.5, 0.6) is 0 Å². The largest absolute Gasteiger partial charge is 0.440 e. The predicted octanol–water partition coefficient (Wildman–Crippen LogP) is 2.97. The van der Waals surface area contributed by atoms with Crippen LogP contribution in [0.3, 0.4) is 0 Å². The van der Waals surface area contributed by atoms with Crippen LogP contribution in [0.2, 0.25) is 0 Å². The Balaban J connectivity index is 2.53. The predicted molar refractivity (Wildman–Crippen MR) is 75.1 cm³/mol. The first-order valence-corrected chi connectivity index (χ1v) is 5.76. The zero-order valence-corrected chi connectivity index (χ0v) is 10.1. The fourth-order valence-corrected chi connectivity index (χ4v) is 1.81. The summed E-state index contributed by atoms with van der Waals surface area (Å²) in [5.74, 6) is 0.540. The van der Waals surface area contributed by atoms with E-state index >= 15 is 0 Å². The molecule has 18 heavy (non-hydrogen) atoms. The Hall–Kier alpha value is -2.29. The number of fused-ring (bicyclic) bond motifs is 1. The van der Waals surface area contributed by atoms with Crippen molar-refractivity contribution in [2.75, 3.05) is 18.0 Å². The number of nitrogens with zero attached hydrogens (tertiary/aromatic N) is 1. The van der Waals surface area contributed by atoms with Gasteiger partial charge in [0.25, 0.3) is 0 Å². The van der Waals surface area contributed by atoms with Crippen molar-refractivity contribution in [3.63, 3.8) is 0 Å². The van der Waals surface area contributed by atoms with E-state index in [1.54, 1.807) is 24.3 Å². The van der Waals surface area contributed by atoms with Gasteiger partial charge in [-0.3, -0.25) is 4.79 Å². The van der Waals surface area contributed by atoms with Crippen molar-refractivity contribution in [3.05, 3.63) is 65.9 Å². The number of para-hydroxylation sites is 1. The smallest absolute Gasteiger partial charge is 0.200 e. The molecule has 0 N–H and O–H groups in total. The lowest BCUT2D eigenvalue weighted by Gasteiger charge is -2.19. The van der Waals surface area contributed by atoms with E-state index in [9.17, 15) is 4.79 Å². The van der Waals surface area contributed by atoms with Gasteiger partial charge in [0, 0.05) is 19.2 Å². The average molecular weight is 241 g/mol. The molecule has 0 aliphatic heterocycles. The van der Waals surface area contributed by atoms with Crippen LogP contribution in [0, 0.1) is 0 Å². The SMILES string of the molecule is C=CCN(CC=C)c1cc(=O)c2ccccc2o1. The minimum Gasteiger partial charge on any atom is -0.440 e. The van der Waals surface area contributed by atoms with Gasteiger partial charge in [-0.15, -0.1) is 13.2 Å². The summed E-state index contributed by atoms with van der Waals surface area (Å²) in [7, 11) is 0. The van der Waals surface area contributed by atoms with Crippen molar-refractivity contribution < 1.29 is 4.42 Å². The molecular weight excluding hydrogens is 226 g/mol. The molecule has 1 aromatic carbocycles. The maximum absolute atomic E-state index is 12.0. The van der Waals surface area contributed by atoms with Gasteiger partial charge in [-0.1, -0.05) is 24.3 Å². The highest BCUT2D eigenvalue weighted by Crippen LogP contribution is 2.18. The lowest BCUT2D eigenvalue weighted by molar-refractivity contribution is 0.586. The Morgan fingerprint density at radius 3 is 2.50 bits per heavy atom. The van der Waals surface area contributed by atoms with E-state index in [2.05, 4.69) is 13.2 Å². The third kappa shape index (κ3) is 2.35. The highest BCUT2D eigenvalue weighted by atomic mass is 16.4. The second-order valence-electron chi connectivity index (χ2n) is 3.93. The average Bonchev–Trinajstić information content (AvgIpc) is 2.38. The van der Waals surface area contributed by atoms with Gasteiger partial charge in [0.15, 0.2) is 5.43 Å². The topological polar surface area (TPSA) is 33.5 Å². The molecule has 3 heteroatoms. The fraction of sp³-hybridized carbons (Fsp3) is 0.133. The number of anilines is 1. The summed E-state index contributed by atoms with van der Waals surface area (Å²) >= 11 is 0. The van der Waals surface area contributed by atoms with Gasteiger partial charge in [0.2, 0.25) is 5.88 Å². The molecule has 0 fully saturated rings. The minimum absolute atomic E-state index is 0.0371. The van der Waals surface area contributed by atoms with Crippen molar-refractivity contribution in [3.8, 4) is 0 Å². The highest BCUT2D eigenvalue weighted by molar-refractivity contribution is 5.77. The third-order valence-electron chi connectivity index (χ3n) is 2.63. The molecule has 2 aromatic rings. The molecule has 0 radical (unpaired) electrons. The van der Waals surface area contributed by atoms with Crippen LogP contribution in [0.15, 0.2) is 64.9 Å². The van der Waals surface area contributed by atoms with E-state index in [0.717, 1.165) is 0 Å². The first-order chi connectivity index (χ1) is 8.76. The fourth-order valence-electron chi connectivity index (χ4n) is 1.81. The van der Waals surface area contributed by atoms with Crippen molar-refractivity contribution in [1.29, 1.82) is 0 Å². The van der Waals surface area contributed by atoms with Gasteiger partial charge in [-0.25, -0.2) is 0 Å². The molecule has 0 unspecified atom stereocenters. The van der Waals surface area contributed by atoms with Crippen LogP contribution in [-0.2, 0) is 0 Å². The van der Waals surface area contributed by atoms with Gasteiger partial charge in [-0.05, 0) is 12.1 Å². The first-order valence-electron chi connectivity index (χ1n) is 5.76. The molecule has 0 spiro atoms. The number of rotatable bonds is 5. The number of benzene rings is 1. The second-order valence-corrected chi connectivity index (χ2v) is 3.93. The Morgan fingerprint density at radius 2 is 1.83 bits per heavy atom. The van der Waals surface area contributed by atoms with E-state index in [1.165, 1.54) is 6.07 Å². The van der Waals surface area contributed by atoms with Crippen LogP contribution in [0.1, 0.15) is 0 Å². The molecule has 2 rings (SSSR count). The normalized spacial score (nSPS) is 10.2. The molecule has 0 aliphatic carbocycles. The van der Waals surface area contributed by atoms with E-state index < -0.39 is 0 Å². The van der Waals surface area contributed by atoms with Crippen LogP contribution < -0.4 is 10.3 Å². The molecule has 0 saturated heterocycles.